The van der Waals surface area contributed by atoms with E-state index in [-0.39, 0.29) is 49.3 Å². The minimum atomic E-state index is -1.30. The van der Waals surface area contributed by atoms with Gasteiger partial charge in [-0.2, -0.15) is 0 Å². The highest BCUT2D eigenvalue weighted by Crippen LogP contribution is 2.25. The van der Waals surface area contributed by atoms with E-state index in [0.29, 0.717) is 13.0 Å². The van der Waals surface area contributed by atoms with E-state index in [9.17, 15) is 28.7 Å². The maximum absolute atomic E-state index is 13.9. The van der Waals surface area contributed by atoms with Gasteiger partial charge in [0, 0.05) is 27.1 Å². The minimum Gasteiger partial charge on any atom is -0.491 e. The minimum absolute atomic E-state index is 0.0986. The van der Waals surface area contributed by atoms with Crippen molar-refractivity contribution in [3.8, 4) is 5.75 Å². The van der Waals surface area contributed by atoms with Crippen LogP contribution < -0.4 is 4.74 Å². The number of carboxylic acid groups (broad SMARTS) is 1. The highest BCUT2D eigenvalue weighted by molar-refractivity contribution is 5.99. The fraction of sp³-hybridized carbons (Fsp3) is 0.524. The molecule has 0 aromatic heterocycles. The third-order valence-electron chi connectivity index (χ3n) is 5.80. The van der Waals surface area contributed by atoms with Gasteiger partial charge in [0.15, 0.2) is 0 Å². The fourth-order valence-electron chi connectivity index (χ4n) is 3.97. The van der Waals surface area contributed by atoms with E-state index in [4.69, 9.17) is 4.74 Å². The number of carboxylic acids is 1. The summed E-state index contributed by atoms with van der Waals surface area (Å²) in [4.78, 5) is 53.9. The Hall–Kier alpha value is -3.17. The number of carbonyl (C=O) groups excluding carboxylic acids is 3. The van der Waals surface area contributed by atoms with E-state index >= 15 is 0 Å². The standard InChI is InChI=1S/C21H26FN3O6/c1-23-11-19(27)25-9-3-4-14(25)12-31-17-7-5-13(22)10-15(17)20(28)24(2)16(21(29)30)6-8-18(23)26/h5,7,10,14,16H,3-4,6,8-9,11-12H2,1-2H3,(H,29,30). The first-order valence-electron chi connectivity index (χ1n) is 10.1. The van der Waals surface area contributed by atoms with E-state index < -0.39 is 29.6 Å². The molecule has 2 atom stereocenters. The van der Waals surface area contributed by atoms with Crippen LogP contribution in [0.5, 0.6) is 5.75 Å². The summed E-state index contributed by atoms with van der Waals surface area (Å²) in [5.74, 6) is -3.18. The lowest BCUT2D eigenvalue weighted by molar-refractivity contribution is -0.143. The van der Waals surface area contributed by atoms with E-state index in [0.717, 1.165) is 23.5 Å². The number of benzene rings is 1. The number of fused-ring (bicyclic) bond motifs is 2. The Balaban J connectivity index is 1.97. The summed E-state index contributed by atoms with van der Waals surface area (Å²) in [5, 5.41) is 9.60. The van der Waals surface area contributed by atoms with E-state index in [1.165, 1.54) is 25.1 Å². The van der Waals surface area contributed by atoms with Crippen LogP contribution in [0.3, 0.4) is 0 Å². The molecule has 2 aliphatic rings. The first-order valence-corrected chi connectivity index (χ1v) is 10.1. The molecule has 1 aromatic carbocycles. The maximum Gasteiger partial charge on any atom is 0.326 e. The van der Waals surface area contributed by atoms with Crippen LogP contribution in [0.4, 0.5) is 4.39 Å². The Morgan fingerprint density at radius 1 is 1.16 bits per heavy atom. The molecule has 0 bridgehead atoms. The van der Waals surface area contributed by atoms with Crippen LogP contribution in [0.25, 0.3) is 0 Å². The van der Waals surface area contributed by atoms with Crippen LogP contribution in [-0.4, -0.2) is 89.4 Å². The zero-order chi connectivity index (χ0) is 22.7. The predicted molar refractivity (Wildman–Crippen MR) is 107 cm³/mol. The van der Waals surface area contributed by atoms with E-state index in [1.54, 1.807) is 4.90 Å². The average molecular weight is 435 g/mol. The molecule has 10 heteroatoms. The van der Waals surface area contributed by atoms with Crippen molar-refractivity contribution >= 4 is 23.7 Å². The van der Waals surface area contributed by atoms with Gasteiger partial charge in [0.25, 0.3) is 5.91 Å². The molecule has 168 valence electrons. The van der Waals surface area contributed by atoms with Crippen molar-refractivity contribution in [2.24, 2.45) is 0 Å². The van der Waals surface area contributed by atoms with E-state index in [1.807, 2.05) is 0 Å². The van der Waals surface area contributed by atoms with Gasteiger partial charge < -0.3 is 24.5 Å². The Morgan fingerprint density at radius 3 is 2.61 bits per heavy atom. The lowest BCUT2D eigenvalue weighted by Crippen LogP contribution is -2.45. The second-order valence-electron chi connectivity index (χ2n) is 7.89. The number of aliphatic carboxylic acids is 1. The molecular formula is C21H26FN3O6. The molecule has 0 spiro atoms. The van der Waals surface area contributed by atoms with E-state index in [2.05, 4.69) is 0 Å². The summed E-state index contributed by atoms with van der Waals surface area (Å²) >= 11 is 0. The molecule has 1 fully saturated rings. The Bertz CT molecular complexity index is 892. The molecule has 0 aliphatic carbocycles. The van der Waals surface area contributed by atoms with Gasteiger partial charge in [0.2, 0.25) is 11.8 Å². The van der Waals surface area contributed by atoms with Crippen molar-refractivity contribution < 1.29 is 33.4 Å². The zero-order valence-electron chi connectivity index (χ0n) is 17.5. The van der Waals surface area contributed by atoms with Crippen LogP contribution in [0, 0.1) is 5.82 Å². The molecule has 1 saturated heterocycles. The summed E-state index contributed by atoms with van der Waals surface area (Å²) in [5.41, 5.74) is -0.108. The van der Waals surface area contributed by atoms with Crippen molar-refractivity contribution in [2.75, 3.05) is 33.8 Å². The zero-order valence-corrected chi connectivity index (χ0v) is 17.5. The SMILES string of the molecule is CN1CC(=O)N2CCCC2COc2ccc(F)cc2C(=O)N(C)C(C(=O)O)CCC1=O. The number of likely N-dealkylation sites (N-methyl/N-ethyl adjacent to an activating group) is 2. The molecule has 1 N–H and O–H groups in total. The van der Waals surface area contributed by atoms with Gasteiger partial charge in [0.1, 0.15) is 24.2 Å². The van der Waals surface area contributed by atoms with Gasteiger partial charge in [-0.15, -0.1) is 0 Å². The number of halogens is 1. The number of rotatable bonds is 1. The summed E-state index contributed by atoms with van der Waals surface area (Å²) in [6.45, 7) is 0.513. The van der Waals surface area contributed by atoms with Gasteiger partial charge in [0.05, 0.1) is 18.2 Å². The van der Waals surface area contributed by atoms with Gasteiger partial charge in [-0.1, -0.05) is 0 Å². The number of amides is 3. The van der Waals surface area contributed by atoms with Gasteiger partial charge >= 0.3 is 5.97 Å². The third kappa shape index (κ3) is 4.95. The quantitative estimate of drug-likeness (QED) is 0.705. The summed E-state index contributed by atoms with van der Waals surface area (Å²) < 4.78 is 19.7. The average Bonchev–Trinajstić information content (AvgIpc) is 3.19. The van der Waals surface area contributed by atoms with Crippen LogP contribution in [0.1, 0.15) is 36.0 Å². The van der Waals surface area contributed by atoms with Crippen molar-refractivity contribution in [3.05, 3.63) is 29.6 Å². The van der Waals surface area contributed by atoms with Gasteiger partial charge in [-0.3, -0.25) is 14.4 Å². The van der Waals surface area contributed by atoms with Crippen molar-refractivity contribution in [1.29, 1.82) is 0 Å². The molecule has 3 rings (SSSR count). The summed E-state index contributed by atoms with van der Waals surface area (Å²) in [6.07, 6.45) is 1.19. The highest BCUT2D eigenvalue weighted by atomic mass is 19.1. The molecule has 9 nitrogen and oxygen atoms in total. The van der Waals surface area contributed by atoms with Crippen molar-refractivity contribution in [2.45, 2.75) is 37.8 Å². The molecule has 3 amide bonds. The molecule has 0 saturated carbocycles. The van der Waals surface area contributed by atoms with Crippen LogP contribution in [0.2, 0.25) is 0 Å². The number of ether oxygens (including phenoxy) is 1. The maximum atomic E-state index is 13.9. The first-order chi connectivity index (χ1) is 14.7. The molecule has 0 radical (unpaired) electrons. The number of carbonyl (C=O) groups is 4. The monoisotopic (exact) mass is 435 g/mol. The first kappa shape index (κ1) is 22.5. The molecular weight excluding hydrogens is 409 g/mol. The third-order valence-corrected chi connectivity index (χ3v) is 5.80. The number of hydrogen-bond acceptors (Lipinski definition) is 5. The smallest absolute Gasteiger partial charge is 0.326 e. The second kappa shape index (κ2) is 9.32. The molecule has 2 heterocycles. The summed E-state index contributed by atoms with van der Waals surface area (Å²) in [7, 11) is 2.79. The Labute approximate surface area is 179 Å². The largest absolute Gasteiger partial charge is 0.491 e. The predicted octanol–water partition coefficient (Wildman–Crippen LogP) is 0.973. The van der Waals surface area contributed by atoms with Crippen LogP contribution in [0.15, 0.2) is 18.2 Å². The molecule has 2 unspecified atom stereocenters. The van der Waals surface area contributed by atoms with Crippen LogP contribution >= 0.6 is 0 Å². The van der Waals surface area contributed by atoms with Crippen molar-refractivity contribution in [3.63, 3.8) is 0 Å². The molecule has 31 heavy (non-hydrogen) atoms. The van der Waals surface area contributed by atoms with Crippen LogP contribution in [-0.2, 0) is 14.4 Å². The fourth-order valence-corrected chi connectivity index (χ4v) is 3.97. The lowest BCUT2D eigenvalue weighted by atomic mass is 10.1. The van der Waals surface area contributed by atoms with Gasteiger partial charge in [-0.05, 0) is 37.5 Å². The Morgan fingerprint density at radius 2 is 1.90 bits per heavy atom. The Kier molecular flexibility index (Phi) is 6.77. The number of nitrogens with zero attached hydrogens (tertiary/aromatic N) is 3. The van der Waals surface area contributed by atoms with Gasteiger partial charge in [-0.25, -0.2) is 9.18 Å². The topological polar surface area (TPSA) is 107 Å². The normalized spacial score (nSPS) is 23.6. The second-order valence-corrected chi connectivity index (χ2v) is 7.89. The van der Waals surface area contributed by atoms with Crippen molar-refractivity contribution in [1.82, 2.24) is 14.7 Å². The highest BCUT2D eigenvalue weighted by Gasteiger charge is 2.33. The summed E-state index contributed by atoms with van der Waals surface area (Å²) in [6, 6.07) is 1.94. The lowest BCUT2D eigenvalue weighted by Gasteiger charge is -2.27. The number of hydrogen-bond donors (Lipinski definition) is 1. The molecule has 2 aliphatic heterocycles. The molecule has 1 aromatic rings.